The first-order valence-electron chi connectivity index (χ1n) is 6.95. The summed E-state index contributed by atoms with van der Waals surface area (Å²) in [6, 6.07) is 0.0226. The van der Waals surface area contributed by atoms with Gasteiger partial charge in [0.15, 0.2) is 5.65 Å². The second-order valence-corrected chi connectivity index (χ2v) is 5.59. The Hall–Kier alpha value is -1.53. The van der Waals surface area contributed by atoms with Crippen molar-refractivity contribution < 1.29 is 9.84 Å². The summed E-state index contributed by atoms with van der Waals surface area (Å²) in [6.07, 6.45) is 2.84. The molecule has 20 heavy (non-hydrogen) atoms. The van der Waals surface area contributed by atoms with E-state index in [1.165, 1.54) is 0 Å². The van der Waals surface area contributed by atoms with Crippen LogP contribution in [0.25, 0.3) is 11.2 Å². The van der Waals surface area contributed by atoms with E-state index in [2.05, 4.69) is 19.5 Å². The summed E-state index contributed by atoms with van der Waals surface area (Å²) >= 11 is 0. The molecule has 1 unspecified atom stereocenters. The van der Waals surface area contributed by atoms with E-state index in [0.29, 0.717) is 12.5 Å². The highest BCUT2D eigenvalue weighted by molar-refractivity contribution is 5.73. The van der Waals surface area contributed by atoms with Crippen LogP contribution in [-0.4, -0.2) is 44.4 Å². The van der Waals surface area contributed by atoms with Crippen LogP contribution >= 0.6 is 0 Å². The van der Waals surface area contributed by atoms with Gasteiger partial charge >= 0.3 is 0 Å². The summed E-state index contributed by atoms with van der Waals surface area (Å²) in [7, 11) is 1.70. The van der Waals surface area contributed by atoms with Gasteiger partial charge in [-0.3, -0.25) is 0 Å². The lowest BCUT2D eigenvalue weighted by atomic mass is 10.1. The van der Waals surface area contributed by atoms with E-state index < -0.39 is 0 Å². The minimum absolute atomic E-state index is 0.0226. The van der Waals surface area contributed by atoms with Crippen LogP contribution in [0.4, 0.5) is 0 Å². The van der Waals surface area contributed by atoms with Gasteiger partial charge in [-0.25, -0.2) is 15.0 Å². The van der Waals surface area contributed by atoms with Crippen molar-refractivity contribution in [3.05, 3.63) is 17.8 Å². The zero-order valence-corrected chi connectivity index (χ0v) is 12.1. The van der Waals surface area contributed by atoms with E-state index in [1.807, 2.05) is 13.8 Å². The molecule has 6 heteroatoms. The Morgan fingerprint density at radius 1 is 1.35 bits per heavy atom. The zero-order valence-electron chi connectivity index (χ0n) is 12.1. The second kappa shape index (κ2) is 5.10. The lowest BCUT2D eigenvalue weighted by Gasteiger charge is -2.18. The number of methoxy groups -OCH3 is 1. The normalized spacial score (nSPS) is 26.5. The molecule has 0 aliphatic heterocycles. The molecule has 3 atom stereocenters. The van der Waals surface area contributed by atoms with Gasteiger partial charge in [0.25, 0.3) is 0 Å². The molecule has 1 saturated carbocycles. The zero-order chi connectivity index (χ0) is 14.3. The first kappa shape index (κ1) is 13.5. The van der Waals surface area contributed by atoms with Gasteiger partial charge in [-0.15, -0.1) is 0 Å². The number of hydrogen-bond donors (Lipinski definition) is 1. The van der Waals surface area contributed by atoms with Gasteiger partial charge < -0.3 is 14.4 Å². The Labute approximate surface area is 117 Å². The van der Waals surface area contributed by atoms with Crippen molar-refractivity contribution in [1.82, 2.24) is 19.5 Å². The molecule has 108 valence electrons. The summed E-state index contributed by atoms with van der Waals surface area (Å²) in [5.74, 6) is 1.27. The van der Waals surface area contributed by atoms with Crippen LogP contribution in [0.1, 0.15) is 30.4 Å². The molecule has 2 aromatic heterocycles. The van der Waals surface area contributed by atoms with Gasteiger partial charge in [0, 0.05) is 13.7 Å². The number of aryl methyl sites for hydroxylation is 2. The number of imidazole rings is 1. The molecule has 0 bridgehead atoms. The van der Waals surface area contributed by atoms with Crippen molar-refractivity contribution in [2.75, 3.05) is 13.7 Å². The topological polar surface area (TPSA) is 73.1 Å². The molecule has 6 nitrogen and oxygen atoms in total. The fourth-order valence-corrected chi connectivity index (χ4v) is 3.27. The third kappa shape index (κ3) is 2.09. The molecule has 1 N–H and O–H groups in total. The van der Waals surface area contributed by atoms with Gasteiger partial charge in [0.2, 0.25) is 0 Å². The molecule has 0 saturated heterocycles. The molecule has 0 amide bonds. The number of aliphatic hydroxyl groups is 1. The summed E-state index contributed by atoms with van der Waals surface area (Å²) in [5.41, 5.74) is 2.52. The van der Waals surface area contributed by atoms with Gasteiger partial charge in [-0.1, -0.05) is 0 Å². The number of aliphatic hydroxyl groups excluding tert-OH is 1. The minimum atomic E-state index is -0.374. The quantitative estimate of drug-likeness (QED) is 0.917. The highest BCUT2D eigenvalue weighted by Gasteiger charge is 2.36. The average Bonchev–Trinajstić information content (AvgIpc) is 2.91. The van der Waals surface area contributed by atoms with Crippen LogP contribution in [-0.2, 0) is 4.74 Å². The van der Waals surface area contributed by atoms with Crippen LogP contribution in [0, 0.1) is 19.8 Å². The van der Waals surface area contributed by atoms with Crippen molar-refractivity contribution >= 4 is 11.2 Å². The lowest BCUT2D eigenvalue weighted by molar-refractivity contribution is 0.123. The Morgan fingerprint density at radius 3 is 2.90 bits per heavy atom. The fourth-order valence-electron chi connectivity index (χ4n) is 3.27. The molecule has 0 radical (unpaired) electrons. The first-order chi connectivity index (χ1) is 9.61. The maximum Gasteiger partial charge on any atom is 0.164 e. The highest BCUT2D eigenvalue weighted by atomic mass is 16.5. The smallest absolute Gasteiger partial charge is 0.164 e. The number of nitrogens with zero attached hydrogens (tertiary/aromatic N) is 4. The van der Waals surface area contributed by atoms with E-state index in [1.54, 1.807) is 13.4 Å². The molecule has 1 aliphatic carbocycles. The third-order valence-electron chi connectivity index (χ3n) is 4.16. The monoisotopic (exact) mass is 276 g/mol. The van der Waals surface area contributed by atoms with E-state index in [9.17, 15) is 5.11 Å². The lowest BCUT2D eigenvalue weighted by Crippen LogP contribution is -2.19. The Morgan fingerprint density at radius 2 is 2.15 bits per heavy atom. The number of aromatic nitrogens is 4. The number of hydrogen-bond acceptors (Lipinski definition) is 5. The molecule has 1 fully saturated rings. The number of fused-ring (bicyclic) bond motifs is 1. The predicted octanol–water partition coefficient (Wildman–Crippen LogP) is 1.40. The molecular weight excluding hydrogens is 256 g/mol. The summed E-state index contributed by atoms with van der Waals surface area (Å²) < 4.78 is 7.27. The summed E-state index contributed by atoms with van der Waals surface area (Å²) in [4.78, 5) is 13.1. The molecular formula is C14H20N4O2. The van der Waals surface area contributed by atoms with Crippen molar-refractivity contribution in [3.8, 4) is 0 Å². The second-order valence-electron chi connectivity index (χ2n) is 5.59. The average molecular weight is 276 g/mol. The maximum atomic E-state index is 10.4. The fraction of sp³-hybridized carbons (Fsp3) is 0.643. The van der Waals surface area contributed by atoms with Crippen molar-refractivity contribution in [1.29, 1.82) is 0 Å². The van der Waals surface area contributed by atoms with E-state index >= 15 is 0 Å². The van der Waals surface area contributed by atoms with Gasteiger partial charge in [0.05, 0.1) is 17.8 Å². The van der Waals surface area contributed by atoms with E-state index in [0.717, 1.165) is 35.5 Å². The van der Waals surface area contributed by atoms with Gasteiger partial charge in [-0.05, 0) is 32.6 Å². The predicted molar refractivity (Wildman–Crippen MR) is 74.4 cm³/mol. The molecule has 0 aromatic carbocycles. The molecule has 3 rings (SSSR count). The Kier molecular flexibility index (Phi) is 3.43. The largest absolute Gasteiger partial charge is 0.391 e. The third-order valence-corrected chi connectivity index (χ3v) is 4.16. The van der Waals surface area contributed by atoms with Crippen molar-refractivity contribution in [3.63, 3.8) is 0 Å². The van der Waals surface area contributed by atoms with Gasteiger partial charge in [-0.2, -0.15) is 0 Å². The SMILES string of the molecule is COC[C@@H]1CC(O)[C@H](n2c(C)nc3c(C)ncnc32)C1. The minimum Gasteiger partial charge on any atom is -0.391 e. The number of rotatable bonds is 3. The van der Waals surface area contributed by atoms with E-state index in [4.69, 9.17) is 4.74 Å². The standard InChI is InChI=1S/C14H20N4O2/c1-8-13-14(16-7-15-8)18(9(2)17-13)11-4-10(6-20-3)5-12(11)19/h7,10-12,19H,4-6H2,1-3H3/t10-,11+,12?/m0/s1. The van der Waals surface area contributed by atoms with Crippen LogP contribution in [0.15, 0.2) is 6.33 Å². The van der Waals surface area contributed by atoms with Crippen LogP contribution in [0.3, 0.4) is 0 Å². The van der Waals surface area contributed by atoms with Crippen LogP contribution < -0.4 is 0 Å². The van der Waals surface area contributed by atoms with Gasteiger partial charge in [0.1, 0.15) is 17.7 Å². The molecule has 0 spiro atoms. The molecule has 2 aromatic rings. The molecule has 2 heterocycles. The highest BCUT2D eigenvalue weighted by Crippen LogP contribution is 2.37. The first-order valence-corrected chi connectivity index (χ1v) is 6.95. The van der Waals surface area contributed by atoms with Crippen LogP contribution in [0.5, 0.6) is 0 Å². The summed E-state index contributed by atoms with van der Waals surface area (Å²) in [6.45, 7) is 4.57. The van der Waals surface area contributed by atoms with Crippen molar-refractivity contribution in [2.24, 2.45) is 5.92 Å². The Balaban J connectivity index is 2.02. The maximum absolute atomic E-state index is 10.4. The Bertz CT molecular complexity index is 625. The summed E-state index contributed by atoms with van der Waals surface area (Å²) in [5, 5.41) is 10.4. The van der Waals surface area contributed by atoms with Crippen molar-refractivity contribution in [2.45, 2.75) is 38.8 Å². The number of ether oxygens (including phenoxy) is 1. The molecule has 1 aliphatic rings. The van der Waals surface area contributed by atoms with E-state index in [-0.39, 0.29) is 12.1 Å². The van der Waals surface area contributed by atoms with Crippen LogP contribution in [0.2, 0.25) is 0 Å².